The highest BCUT2D eigenvalue weighted by Crippen LogP contribution is 2.34. The fourth-order valence-electron chi connectivity index (χ4n) is 2.80. The number of amides is 2. The number of carbonyl (C=O) groups is 3. The molecule has 8 nitrogen and oxygen atoms in total. The fourth-order valence-corrected chi connectivity index (χ4v) is 3.64. The monoisotopic (exact) mass is 458 g/mol. The topological polar surface area (TPSA) is 103 Å². The zero-order valence-corrected chi connectivity index (χ0v) is 19.0. The summed E-state index contributed by atoms with van der Waals surface area (Å²) >= 11 is 1.21. The van der Waals surface area contributed by atoms with E-state index in [0.29, 0.717) is 40.1 Å². The lowest BCUT2D eigenvalue weighted by atomic mass is 10.2. The number of fused-ring (bicyclic) bond motifs is 1. The Labute approximate surface area is 191 Å². The molecule has 32 heavy (non-hydrogen) atoms. The molecule has 2 amide bonds. The number of anilines is 1. The summed E-state index contributed by atoms with van der Waals surface area (Å²) in [5, 5.41) is 5.54. The molecule has 1 aliphatic rings. The summed E-state index contributed by atoms with van der Waals surface area (Å²) < 4.78 is 15.9. The molecule has 0 spiro atoms. The van der Waals surface area contributed by atoms with E-state index < -0.39 is 12.1 Å². The Morgan fingerprint density at radius 2 is 1.81 bits per heavy atom. The van der Waals surface area contributed by atoms with Gasteiger partial charge in [-0.2, -0.15) is 0 Å². The largest absolute Gasteiger partial charge is 0.454 e. The maximum Gasteiger partial charge on any atom is 0.340 e. The Morgan fingerprint density at radius 1 is 1.06 bits per heavy atom. The predicted molar refractivity (Wildman–Crippen MR) is 121 cm³/mol. The van der Waals surface area contributed by atoms with Crippen molar-refractivity contribution in [2.45, 2.75) is 31.8 Å². The van der Waals surface area contributed by atoms with Crippen molar-refractivity contribution in [2.75, 3.05) is 24.4 Å². The van der Waals surface area contributed by atoms with Gasteiger partial charge < -0.3 is 24.8 Å². The van der Waals surface area contributed by atoms with Gasteiger partial charge >= 0.3 is 5.97 Å². The first-order valence-corrected chi connectivity index (χ1v) is 11.2. The SMILES string of the molecule is CC(C)CNC(=O)C(C)OC(=O)c1ccccc1SCC(=O)Nc1ccc2c(c1)OCO2. The lowest BCUT2D eigenvalue weighted by Gasteiger charge is -2.15. The highest BCUT2D eigenvalue weighted by Gasteiger charge is 2.21. The minimum Gasteiger partial charge on any atom is -0.454 e. The average Bonchev–Trinajstić information content (AvgIpc) is 3.24. The molecule has 3 rings (SSSR count). The number of hydrogen-bond acceptors (Lipinski definition) is 7. The molecule has 0 radical (unpaired) electrons. The third-order valence-corrected chi connectivity index (χ3v) is 5.53. The van der Waals surface area contributed by atoms with Gasteiger partial charge in [0.15, 0.2) is 17.6 Å². The van der Waals surface area contributed by atoms with Crippen molar-refractivity contribution in [3.05, 3.63) is 48.0 Å². The van der Waals surface area contributed by atoms with Gasteiger partial charge in [-0.3, -0.25) is 9.59 Å². The predicted octanol–water partition coefficient (Wildman–Crippen LogP) is 3.46. The van der Waals surface area contributed by atoms with Crippen LogP contribution in [0.25, 0.3) is 0 Å². The molecule has 2 aromatic rings. The van der Waals surface area contributed by atoms with Gasteiger partial charge in [-0.1, -0.05) is 26.0 Å². The normalized spacial score (nSPS) is 12.9. The standard InChI is InChI=1S/C23H26N2O6S/c1-14(2)11-24-22(27)15(3)31-23(28)17-6-4-5-7-20(17)32-12-21(26)25-16-8-9-18-19(10-16)30-13-29-18/h4-10,14-15H,11-13H2,1-3H3,(H,24,27)(H,25,26). The molecule has 2 aromatic carbocycles. The van der Waals surface area contributed by atoms with Crippen LogP contribution < -0.4 is 20.1 Å². The van der Waals surface area contributed by atoms with Crippen molar-refractivity contribution in [3.8, 4) is 11.5 Å². The Bertz CT molecular complexity index is 994. The van der Waals surface area contributed by atoms with Gasteiger partial charge in [0.05, 0.1) is 11.3 Å². The lowest BCUT2D eigenvalue weighted by molar-refractivity contribution is -0.129. The quantitative estimate of drug-likeness (QED) is 0.438. The minimum absolute atomic E-state index is 0.0865. The highest BCUT2D eigenvalue weighted by molar-refractivity contribution is 8.00. The van der Waals surface area contributed by atoms with E-state index in [-0.39, 0.29) is 24.4 Å². The zero-order chi connectivity index (χ0) is 23.1. The molecule has 170 valence electrons. The summed E-state index contributed by atoms with van der Waals surface area (Å²) in [7, 11) is 0. The first-order chi connectivity index (χ1) is 15.3. The van der Waals surface area contributed by atoms with Crippen LogP contribution in [0.15, 0.2) is 47.4 Å². The molecule has 0 saturated carbocycles. The molecule has 0 saturated heterocycles. The summed E-state index contributed by atoms with van der Waals surface area (Å²) in [4.78, 5) is 37.7. The van der Waals surface area contributed by atoms with Crippen molar-refractivity contribution in [1.29, 1.82) is 0 Å². The number of hydrogen-bond donors (Lipinski definition) is 2. The zero-order valence-electron chi connectivity index (χ0n) is 18.2. The minimum atomic E-state index is -0.923. The third kappa shape index (κ3) is 6.40. The van der Waals surface area contributed by atoms with Crippen molar-refractivity contribution in [2.24, 2.45) is 5.92 Å². The number of benzene rings is 2. The molecule has 0 bridgehead atoms. The molecule has 9 heteroatoms. The molecule has 1 aliphatic heterocycles. The number of rotatable bonds is 9. The number of nitrogens with one attached hydrogen (secondary N) is 2. The summed E-state index contributed by atoms with van der Waals surface area (Å²) in [6.07, 6.45) is -0.923. The Kier molecular flexibility index (Phi) is 7.99. The Hall–Kier alpha value is -3.20. The average molecular weight is 459 g/mol. The second-order valence-corrected chi connectivity index (χ2v) is 8.60. The van der Waals surface area contributed by atoms with Gasteiger partial charge in [0.25, 0.3) is 5.91 Å². The second kappa shape index (κ2) is 10.9. The van der Waals surface area contributed by atoms with Gasteiger partial charge in [-0.15, -0.1) is 11.8 Å². The summed E-state index contributed by atoms with van der Waals surface area (Å²) in [6.45, 7) is 6.15. The van der Waals surface area contributed by atoms with Crippen LogP contribution in [0.4, 0.5) is 5.69 Å². The molecule has 2 N–H and O–H groups in total. The van der Waals surface area contributed by atoms with Crippen LogP contribution in [0.1, 0.15) is 31.1 Å². The van der Waals surface area contributed by atoms with E-state index in [2.05, 4.69) is 10.6 Å². The maximum atomic E-state index is 12.6. The molecule has 1 heterocycles. The van der Waals surface area contributed by atoms with E-state index in [0.717, 1.165) is 0 Å². The van der Waals surface area contributed by atoms with Crippen molar-refractivity contribution in [1.82, 2.24) is 5.32 Å². The summed E-state index contributed by atoms with van der Waals surface area (Å²) in [6, 6.07) is 12.0. The van der Waals surface area contributed by atoms with Gasteiger partial charge in [-0.05, 0) is 37.1 Å². The van der Waals surface area contributed by atoms with E-state index in [9.17, 15) is 14.4 Å². The lowest BCUT2D eigenvalue weighted by Crippen LogP contribution is -2.37. The van der Waals surface area contributed by atoms with E-state index in [4.69, 9.17) is 14.2 Å². The third-order valence-electron chi connectivity index (χ3n) is 4.46. The van der Waals surface area contributed by atoms with Crippen molar-refractivity contribution < 1.29 is 28.6 Å². The fraction of sp³-hybridized carbons (Fsp3) is 0.348. The maximum absolute atomic E-state index is 12.6. The molecule has 1 unspecified atom stereocenters. The Balaban J connectivity index is 1.55. The Morgan fingerprint density at radius 3 is 2.59 bits per heavy atom. The molecule has 0 fully saturated rings. The van der Waals surface area contributed by atoms with Crippen LogP contribution in [0.5, 0.6) is 11.5 Å². The summed E-state index contributed by atoms with van der Waals surface area (Å²) in [5.74, 6) is 0.397. The molecule has 1 atom stereocenters. The van der Waals surface area contributed by atoms with E-state index in [1.54, 1.807) is 42.5 Å². The first kappa shape index (κ1) is 23.5. The van der Waals surface area contributed by atoms with Crippen molar-refractivity contribution in [3.63, 3.8) is 0 Å². The number of esters is 1. The highest BCUT2D eigenvalue weighted by atomic mass is 32.2. The smallest absolute Gasteiger partial charge is 0.340 e. The second-order valence-electron chi connectivity index (χ2n) is 7.59. The van der Waals surface area contributed by atoms with Gasteiger partial charge in [0.1, 0.15) is 0 Å². The number of ether oxygens (including phenoxy) is 3. The first-order valence-electron chi connectivity index (χ1n) is 10.2. The van der Waals surface area contributed by atoms with Crippen LogP contribution in [0.2, 0.25) is 0 Å². The van der Waals surface area contributed by atoms with Crippen LogP contribution in [-0.2, 0) is 14.3 Å². The summed E-state index contributed by atoms with van der Waals surface area (Å²) in [5.41, 5.74) is 0.894. The van der Waals surface area contributed by atoms with Gasteiger partial charge in [0.2, 0.25) is 12.7 Å². The van der Waals surface area contributed by atoms with Gasteiger partial charge in [0, 0.05) is 23.2 Å². The van der Waals surface area contributed by atoms with Crippen molar-refractivity contribution >= 4 is 35.2 Å². The van der Waals surface area contributed by atoms with Crippen LogP contribution in [0.3, 0.4) is 0 Å². The molecule has 0 aliphatic carbocycles. The number of carbonyl (C=O) groups excluding carboxylic acids is 3. The van der Waals surface area contributed by atoms with E-state index in [1.165, 1.54) is 18.7 Å². The molecular formula is C23H26N2O6S. The molecule has 0 aromatic heterocycles. The van der Waals surface area contributed by atoms with E-state index in [1.807, 2.05) is 13.8 Å². The van der Waals surface area contributed by atoms with Crippen LogP contribution >= 0.6 is 11.8 Å². The van der Waals surface area contributed by atoms with Gasteiger partial charge in [-0.25, -0.2) is 4.79 Å². The van der Waals surface area contributed by atoms with E-state index >= 15 is 0 Å². The number of thioether (sulfide) groups is 1. The molecular weight excluding hydrogens is 432 g/mol. The van der Waals surface area contributed by atoms with Crippen LogP contribution in [-0.4, -0.2) is 43.0 Å². The van der Waals surface area contributed by atoms with Crippen LogP contribution in [0, 0.1) is 5.92 Å².